The van der Waals surface area contributed by atoms with Crippen LogP contribution in [0.5, 0.6) is 0 Å². The van der Waals surface area contributed by atoms with Crippen LogP contribution in [0.1, 0.15) is 97.2 Å². The van der Waals surface area contributed by atoms with Crippen molar-refractivity contribution in [1.29, 1.82) is 0 Å². The van der Waals surface area contributed by atoms with E-state index in [4.69, 9.17) is 9.97 Å². The van der Waals surface area contributed by atoms with Crippen molar-refractivity contribution in [3.05, 3.63) is 323 Å². The number of benzene rings is 12. The standard InChI is InChI=1S/C87H66N4/c1-85(2)75-47-55(29-31-57-35-41-69-71-43-37-61(53-79(71)86(3,4)77(69)49-57)90(83-27-15-17-45-88-83)81-51-59-19-7-9-21-63(59)65-23-11-13-25-73(65)81)33-39-67(75)68-40-34-56(48-76(68)85)30-32-58-36-42-70-72-44-38-62(54-80(72)87(5,6)78(70)50-58)91(84-28-16-18-46-89-84)82-52-60-20-8-10-22-64(60)66-24-12-14-26-74(66)82/h7-54H,1-6H3. The molecule has 0 atom stereocenters. The van der Waals surface area contributed by atoms with Crippen molar-refractivity contribution in [1.82, 2.24) is 9.97 Å². The van der Waals surface area contributed by atoms with E-state index in [2.05, 4.69) is 318 Å². The van der Waals surface area contributed by atoms with Crippen molar-refractivity contribution in [3.63, 3.8) is 0 Å². The second kappa shape index (κ2) is 20.6. The Morgan fingerprint density at radius 2 is 0.549 bits per heavy atom. The fourth-order valence-electron chi connectivity index (χ4n) is 15.5. The highest BCUT2D eigenvalue weighted by atomic mass is 15.2. The van der Waals surface area contributed by atoms with Crippen LogP contribution in [0.2, 0.25) is 0 Å². The Bertz CT molecular complexity index is 5060. The number of rotatable bonds is 10. The summed E-state index contributed by atoms with van der Waals surface area (Å²) in [6.45, 7) is 14.3. The summed E-state index contributed by atoms with van der Waals surface area (Å²) < 4.78 is 0. The van der Waals surface area contributed by atoms with E-state index in [0.29, 0.717) is 0 Å². The smallest absolute Gasteiger partial charge is 0.137 e. The van der Waals surface area contributed by atoms with Crippen LogP contribution in [0, 0.1) is 0 Å². The molecule has 0 spiro atoms. The van der Waals surface area contributed by atoms with E-state index >= 15 is 0 Å². The summed E-state index contributed by atoms with van der Waals surface area (Å²) in [7, 11) is 0. The highest BCUT2D eigenvalue weighted by Crippen LogP contribution is 2.55. The number of nitrogens with zero attached hydrogens (tertiary/aromatic N) is 4. The summed E-state index contributed by atoms with van der Waals surface area (Å²) in [5.74, 6) is 1.77. The van der Waals surface area contributed by atoms with Crippen LogP contribution in [0.4, 0.5) is 34.4 Å². The lowest BCUT2D eigenvalue weighted by atomic mass is 9.81. The molecule has 17 rings (SSSR count). The monoisotopic (exact) mass is 1170 g/mol. The van der Waals surface area contributed by atoms with E-state index < -0.39 is 0 Å². The molecule has 12 aromatic carbocycles. The first kappa shape index (κ1) is 54.2. The minimum atomic E-state index is -0.236. The largest absolute Gasteiger partial charge is 0.294 e. The minimum Gasteiger partial charge on any atom is -0.294 e. The van der Waals surface area contributed by atoms with E-state index in [1.165, 1.54) is 132 Å². The second-order valence-corrected chi connectivity index (χ2v) is 26.6. The summed E-state index contributed by atoms with van der Waals surface area (Å²) in [5.41, 5.74) is 24.4. The number of anilines is 6. The van der Waals surface area contributed by atoms with Gasteiger partial charge < -0.3 is 0 Å². The molecule has 3 aliphatic carbocycles. The lowest BCUT2D eigenvalue weighted by Crippen LogP contribution is -2.17. The average Bonchev–Trinajstić information content (AvgIpc) is 1.67. The van der Waals surface area contributed by atoms with E-state index in [-0.39, 0.29) is 16.2 Å². The molecular weight excluding hydrogens is 1100 g/mol. The summed E-state index contributed by atoms with van der Waals surface area (Å²) in [6.07, 6.45) is 13.0. The molecule has 0 amide bonds. The second-order valence-electron chi connectivity index (χ2n) is 26.6. The SMILES string of the molecule is CC1(C)c2cc(C=Cc3ccc4c(c3)C(C)(C)c3cc(N(c5ccccn5)c5cc6ccccc6c6ccccc56)ccc3-4)ccc2-c2ccc(C=Cc3ccc4c(c3)C(C)(C)c3cc(N(c5ccccn5)c5cc6ccccc6c6ccccc56)ccc3-4)cc21. The van der Waals surface area contributed by atoms with Crippen LogP contribution < -0.4 is 9.80 Å². The van der Waals surface area contributed by atoms with Crippen molar-refractivity contribution in [3.8, 4) is 33.4 Å². The number of pyridine rings is 2. The highest BCUT2D eigenvalue weighted by Gasteiger charge is 2.39. The Morgan fingerprint density at radius 3 is 0.879 bits per heavy atom. The Kier molecular flexibility index (Phi) is 12.3. The zero-order valence-electron chi connectivity index (χ0n) is 52.0. The maximum atomic E-state index is 4.96. The molecule has 0 saturated carbocycles. The van der Waals surface area contributed by atoms with Gasteiger partial charge in [0.05, 0.1) is 11.4 Å². The number of hydrogen-bond acceptors (Lipinski definition) is 4. The number of aromatic nitrogens is 2. The van der Waals surface area contributed by atoms with Crippen molar-refractivity contribution in [2.24, 2.45) is 0 Å². The molecule has 0 unspecified atom stereocenters. The van der Waals surface area contributed by atoms with Crippen LogP contribution in [0.15, 0.2) is 267 Å². The van der Waals surface area contributed by atoms with Gasteiger partial charge in [-0.25, -0.2) is 9.97 Å². The van der Waals surface area contributed by atoms with Gasteiger partial charge in [-0.2, -0.15) is 0 Å². The van der Waals surface area contributed by atoms with Crippen molar-refractivity contribution in [2.45, 2.75) is 57.8 Å². The molecule has 4 heteroatoms. The quantitative estimate of drug-likeness (QED) is 0.101. The predicted octanol–water partition coefficient (Wildman–Crippen LogP) is 23.3. The zero-order chi connectivity index (χ0) is 61.3. The van der Waals surface area contributed by atoms with Gasteiger partial charge in [-0.3, -0.25) is 9.80 Å². The van der Waals surface area contributed by atoms with Gasteiger partial charge in [-0.15, -0.1) is 0 Å². The lowest BCUT2D eigenvalue weighted by molar-refractivity contribution is 0.660. The molecule has 2 aromatic heterocycles. The van der Waals surface area contributed by atoms with Crippen LogP contribution >= 0.6 is 0 Å². The highest BCUT2D eigenvalue weighted by molar-refractivity contribution is 6.16. The van der Waals surface area contributed by atoms with Gasteiger partial charge in [-0.1, -0.05) is 260 Å². The molecule has 0 N–H and O–H groups in total. The minimum absolute atomic E-state index is 0.177. The van der Waals surface area contributed by atoms with Crippen molar-refractivity contribution < 1.29 is 0 Å². The van der Waals surface area contributed by atoms with E-state index in [9.17, 15) is 0 Å². The molecule has 91 heavy (non-hydrogen) atoms. The average molecular weight is 1170 g/mol. The molecule has 0 aliphatic heterocycles. The Morgan fingerprint density at radius 1 is 0.264 bits per heavy atom. The molecule has 0 bridgehead atoms. The summed E-state index contributed by atoms with van der Waals surface area (Å²) >= 11 is 0. The van der Waals surface area contributed by atoms with Crippen LogP contribution in [-0.4, -0.2) is 9.97 Å². The number of fused-ring (bicyclic) bond motifs is 15. The predicted molar refractivity (Wildman–Crippen MR) is 385 cm³/mol. The molecule has 0 saturated heterocycles. The van der Waals surface area contributed by atoms with Crippen molar-refractivity contribution in [2.75, 3.05) is 9.80 Å². The van der Waals surface area contributed by atoms with Gasteiger partial charge in [-0.05, 0) is 182 Å². The molecule has 3 aliphatic rings. The maximum Gasteiger partial charge on any atom is 0.137 e. The fourth-order valence-corrected chi connectivity index (χ4v) is 15.5. The van der Waals surface area contributed by atoms with Crippen molar-refractivity contribution >= 4 is 102 Å². The normalized spacial score (nSPS) is 14.4. The zero-order valence-corrected chi connectivity index (χ0v) is 52.0. The molecule has 2 heterocycles. The van der Waals surface area contributed by atoms with Crippen LogP contribution in [0.25, 0.3) is 101 Å². The maximum absolute atomic E-state index is 4.96. The molecule has 14 aromatic rings. The summed E-state index contributed by atoms with van der Waals surface area (Å²) in [4.78, 5) is 14.6. The third-order valence-corrected chi connectivity index (χ3v) is 20.3. The Balaban J connectivity index is 0.624. The third-order valence-electron chi connectivity index (χ3n) is 20.3. The lowest BCUT2D eigenvalue weighted by Gasteiger charge is -2.28. The van der Waals surface area contributed by atoms with Gasteiger partial charge in [0.2, 0.25) is 0 Å². The van der Waals surface area contributed by atoms with E-state index in [1.807, 2.05) is 24.5 Å². The topological polar surface area (TPSA) is 32.3 Å². The molecule has 0 fully saturated rings. The summed E-state index contributed by atoms with van der Waals surface area (Å²) in [6, 6.07) is 94.0. The van der Waals surface area contributed by atoms with Gasteiger partial charge in [0, 0.05) is 50.8 Å². The van der Waals surface area contributed by atoms with Crippen LogP contribution in [-0.2, 0) is 16.2 Å². The fraction of sp³-hybridized carbons (Fsp3) is 0.103. The van der Waals surface area contributed by atoms with E-state index in [1.54, 1.807) is 0 Å². The third kappa shape index (κ3) is 8.64. The van der Waals surface area contributed by atoms with Gasteiger partial charge in [0.1, 0.15) is 11.6 Å². The Labute approximate surface area is 532 Å². The van der Waals surface area contributed by atoms with Crippen LogP contribution in [0.3, 0.4) is 0 Å². The molecule has 4 nitrogen and oxygen atoms in total. The van der Waals surface area contributed by atoms with E-state index in [0.717, 1.165) is 34.4 Å². The van der Waals surface area contributed by atoms with Gasteiger partial charge in [0.15, 0.2) is 0 Å². The first-order chi connectivity index (χ1) is 44.4. The molecule has 434 valence electrons. The molecular formula is C87H66N4. The first-order valence-electron chi connectivity index (χ1n) is 31.8. The summed E-state index contributed by atoms with van der Waals surface area (Å²) in [5, 5.41) is 9.75. The van der Waals surface area contributed by atoms with Gasteiger partial charge in [0.25, 0.3) is 0 Å². The molecule has 0 radical (unpaired) electrons. The van der Waals surface area contributed by atoms with Gasteiger partial charge >= 0.3 is 0 Å². The first-order valence-corrected chi connectivity index (χ1v) is 31.8. The Hall–Kier alpha value is -10.9. The number of hydrogen-bond donors (Lipinski definition) is 0.